The summed E-state index contributed by atoms with van der Waals surface area (Å²) in [7, 11) is 0. The lowest BCUT2D eigenvalue weighted by Crippen LogP contribution is -2.61. The van der Waals surface area contributed by atoms with E-state index in [4.69, 9.17) is 18.9 Å². The number of fused-ring (bicyclic) bond motifs is 3. The molecular formula is C31H52O12. The minimum atomic E-state index is -1.86. The van der Waals surface area contributed by atoms with Crippen molar-refractivity contribution in [3.63, 3.8) is 0 Å². The minimum absolute atomic E-state index is 0.0526. The van der Waals surface area contributed by atoms with Gasteiger partial charge in [0, 0.05) is 0 Å². The highest BCUT2D eigenvalue weighted by molar-refractivity contribution is 5.17. The van der Waals surface area contributed by atoms with E-state index in [1.54, 1.807) is 0 Å². The fourth-order valence-electron chi connectivity index (χ4n) is 10.7. The molecule has 8 N–H and O–H groups in total. The average molecular weight is 617 g/mol. The van der Waals surface area contributed by atoms with Crippen LogP contribution in [0.4, 0.5) is 0 Å². The zero-order chi connectivity index (χ0) is 31.0. The van der Waals surface area contributed by atoms with Crippen molar-refractivity contribution >= 4 is 0 Å². The first kappa shape index (κ1) is 32.5. The lowest BCUT2D eigenvalue weighted by atomic mass is 9.41. The third-order valence-corrected chi connectivity index (χ3v) is 13.0. The number of ether oxygens (including phenoxy) is 4. The van der Waals surface area contributed by atoms with E-state index in [1.807, 2.05) is 0 Å². The smallest absolute Gasteiger partial charge is 0.186 e. The Balaban J connectivity index is 1.12. The molecule has 43 heavy (non-hydrogen) atoms. The summed E-state index contributed by atoms with van der Waals surface area (Å²) >= 11 is 0. The number of aliphatic hydroxyl groups excluding tert-OH is 6. The SMILES string of the molecule is CC1(COC2OC(COC3OCC(O)(CO)C3O)C(O)C(O)C2O)CCCC2(C)C1CCC13CC(CCC12)C(O)(CO)C3. The average Bonchev–Trinajstić information content (AvgIpc) is 3.38. The van der Waals surface area contributed by atoms with E-state index < -0.39 is 60.9 Å². The van der Waals surface area contributed by atoms with E-state index in [-0.39, 0.29) is 42.0 Å². The lowest BCUT2D eigenvalue weighted by molar-refractivity contribution is -0.317. The number of aliphatic hydroxyl groups is 8. The maximum absolute atomic E-state index is 11.3. The molecule has 12 nitrogen and oxygen atoms in total. The van der Waals surface area contributed by atoms with E-state index in [9.17, 15) is 40.9 Å². The van der Waals surface area contributed by atoms with E-state index >= 15 is 0 Å². The zero-order valence-electron chi connectivity index (χ0n) is 25.4. The fraction of sp³-hybridized carbons (Fsp3) is 1.00. The lowest BCUT2D eigenvalue weighted by Gasteiger charge is -2.64. The quantitative estimate of drug-likeness (QED) is 0.173. The van der Waals surface area contributed by atoms with Crippen LogP contribution >= 0.6 is 0 Å². The van der Waals surface area contributed by atoms with Crippen molar-refractivity contribution in [3.8, 4) is 0 Å². The molecule has 2 saturated heterocycles. The normalized spacial score (nSPS) is 56.5. The summed E-state index contributed by atoms with van der Waals surface area (Å²) in [6.07, 6.45) is -0.911. The zero-order valence-corrected chi connectivity index (χ0v) is 25.4. The largest absolute Gasteiger partial charge is 0.393 e. The molecule has 4 aliphatic carbocycles. The topological polar surface area (TPSA) is 199 Å². The van der Waals surface area contributed by atoms with Crippen LogP contribution in [0.5, 0.6) is 0 Å². The molecule has 0 amide bonds. The molecule has 0 aromatic carbocycles. The van der Waals surface area contributed by atoms with Gasteiger partial charge in [0.15, 0.2) is 12.6 Å². The standard InChI is InChI=1S/C31H52O12/c1-27(7-3-8-28(2)19(27)6-9-29-10-17(4-5-20(28)29)30(38,12-29)13-32)15-41-25-23(36)22(35)21(34)18(43-25)11-40-26-24(37)31(39,14-33)16-42-26/h17-26,32-39H,3-16H2,1-2H3. The molecule has 1 spiro atoms. The molecule has 0 radical (unpaired) electrons. The Morgan fingerprint density at radius 3 is 2.23 bits per heavy atom. The summed E-state index contributed by atoms with van der Waals surface area (Å²) in [5.41, 5.74) is -2.94. The number of hydrogen-bond donors (Lipinski definition) is 8. The molecule has 0 aromatic rings. The van der Waals surface area contributed by atoms with Crippen LogP contribution in [0, 0.1) is 34.0 Å². The van der Waals surface area contributed by atoms with Crippen LogP contribution in [0.1, 0.15) is 71.6 Å². The summed E-state index contributed by atoms with van der Waals surface area (Å²) in [5, 5.41) is 83.1. The van der Waals surface area contributed by atoms with Crippen molar-refractivity contribution in [3.05, 3.63) is 0 Å². The predicted molar refractivity (Wildman–Crippen MR) is 149 cm³/mol. The van der Waals surface area contributed by atoms with Crippen molar-refractivity contribution < 1.29 is 59.8 Å². The molecule has 6 fully saturated rings. The van der Waals surface area contributed by atoms with Gasteiger partial charge in [-0.1, -0.05) is 20.3 Å². The monoisotopic (exact) mass is 616 g/mol. The van der Waals surface area contributed by atoms with Gasteiger partial charge in [0.1, 0.15) is 36.1 Å². The molecule has 4 saturated carbocycles. The summed E-state index contributed by atoms with van der Waals surface area (Å²) in [6, 6.07) is 0. The molecule has 0 aromatic heterocycles. The van der Waals surface area contributed by atoms with Crippen LogP contribution in [0.3, 0.4) is 0 Å². The van der Waals surface area contributed by atoms with Crippen LogP contribution in [0.2, 0.25) is 0 Å². The van der Waals surface area contributed by atoms with E-state index in [2.05, 4.69) is 13.8 Å². The Kier molecular flexibility index (Phi) is 8.56. The Labute approximate surface area is 252 Å². The van der Waals surface area contributed by atoms with E-state index in [0.29, 0.717) is 24.9 Å². The van der Waals surface area contributed by atoms with Crippen molar-refractivity contribution in [2.45, 2.75) is 126 Å². The van der Waals surface area contributed by atoms with E-state index in [0.717, 1.165) is 51.4 Å². The van der Waals surface area contributed by atoms with Crippen molar-refractivity contribution in [2.24, 2.45) is 34.0 Å². The summed E-state index contributed by atoms with van der Waals surface area (Å²) < 4.78 is 22.9. The molecule has 2 heterocycles. The van der Waals surface area contributed by atoms with Gasteiger partial charge in [-0.2, -0.15) is 0 Å². The summed E-state index contributed by atoms with van der Waals surface area (Å²) in [6.45, 7) is 3.39. The van der Waals surface area contributed by atoms with Crippen molar-refractivity contribution in [1.29, 1.82) is 0 Å². The first-order chi connectivity index (χ1) is 20.2. The molecule has 6 rings (SSSR count). The van der Waals surface area contributed by atoms with Crippen LogP contribution in [0.25, 0.3) is 0 Å². The van der Waals surface area contributed by atoms with Gasteiger partial charge >= 0.3 is 0 Å². The molecule has 6 aliphatic rings. The second-order valence-corrected chi connectivity index (χ2v) is 15.5. The van der Waals surface area contributed by atoms with Crippen LogP contribution in [0.15, 0.2) is 0 Å². The highest BCUT2D eigenvalue weighted by Gasteiger charge is 2.67. The van der Waals surface area contributed by atoms with Gasteiger partial charge in [-0.15, -0.1) is 0 Å². The first-order valence-electron chi connectivity index (χ1n) is 16.1. The Bertz CT molecular complexity index is 1020. The third-order valence-electron chi connectivity index (χ3n) is 13.0. The first-order valence-corrected chi connectivity index (χ1v) is 16.1. The molecule has 248 valence electrons. The van der Waals surface area contributed by atoms with Gasteiger partial charge < -0.3 is 59.8 Å². The van der Waals surface area contributed by atoms with Crippen molar-refractivity contribution in [1.82, 2.24) is 0 Å². The second-order valence-electron chi connectivity index (χ2n) is 15.5. The number of hydrogen-bond acceptors (Lipinski definition) is 12. The van der Waals surface area contributed by atoms with Gasteiger partial charge in [-0.3, -0.25) is 0 Å². The van der Waals surface area contributed by atoms with Gasteiger partial charge in [-0.05, 0) is 85.4 Å². The maximum Gasteiger partial charge on any atom is 0.186 e. The Morgan fingerprint density at radius 2 is 1.53 bits per heavy atom. The minimum Gasteiger partial charge on any atom is -0.393 e. The Hall–Kier alpha value is -0.480. The molecular weight excluding hydrogens is 564 g/mol. The molecule has 12 heteroatoms. The number of rotatable bonds is 8. The summed E-state index contributed by atoms with van der Waals surface area (Å²) in [5.74, 6) is 0.979. The molecule has 15 atom stereocenters. The van der Waals surface area contributed by atoms with Gasteiger partial charge in [0.2, 0.25) is 0 Å². The van der Waals surface area contributed by atoms with Crippen LogP contribution < -0.4 is 0 Å². The molecule has 2 aliphatic heterocycles. The van der Waals surface area contributed by atoms with E-state index in [1.165, 1.54) is 0 Å². The van der Waals surface area contributed by atoms with Gasteiger partial charge in [-0.25, -0.2) is 0 Å². The maximum atomic E-state index is 11.3. The third kappa shape index (κ3) is 5.12. The van der Waals surface area contributed by atoms with Crippen LogP contribution in [-0.4, -0.2) is 128 Å². The van der Waals surface area contributed by atoms with Crippen molar-refractivity contribution in [2.75, 3.05) is 33.0 Å². The fourth-order valence-corrected chi connectivity index (χ4v) is 10.7. The Morgan fingerprint density at radius 1 is 0.791 bits per heavy atom. The van der Waals surface area contributed by atoms with Gasteiger partial charge in [0.25, 0.3) is 0 Å². The second kappa shape index (κ2) is 11.3. The predicted octanol–water partition coefficient (Wildman–Crippen LogP) is -0.596. The highest BCUT2D eigenvalue weighted by Crippen LogP contribution is 2.72. The van der Waals surface area contributed by atoms with Gasteiger partial charge in [0.05, 0.1) is 38.6 Å². The summed E-state index contributed by atoms with van der Waals surface area (Å²) in [4.78, 5) is 0. The van der Waals surface area contributed by atoms with Crippen LogP contribution in [-0.2, 0) is 18.9 Å². The molecule has 2 bridgehead atoms. The molecule has 15 unspecified atom stereocenters. The highest BCUT2D eigenvalue weighted by atomic mass is 16.7.